The molecule has 3 aromatic carbocycles. The van der Waals surface area contributed by atoms with Gasteiger partial charge in [-0.3, -0.25) is 0 Å². The van der Waals surface area contributed by atoms with E-state index in [9.17, 15) is 10.2 Å². The molecule has 0 heterocycles. The third kappa shape index (κ3) is 4.82. The van der Waals surface area contributed by atoms with Gasteiger partial charge in [-0.15, -0.1) is 0 Å². The Balaban J connectivity index is 1.98. The van der Waals surface area contributed by atoms with E-state index in [1.54, 1.807) is 24.3 Å². The van der Waals surface area contributed by atoms with Crippen LogP contribution in [-0.2, 0) is 5.41 Å². The van der Waals surface area contributed by atoms with E-state index < -0.39 is 0 Å². The molecule has 0 bridgehead atoms. The van der Waals surface area contributed by atoms with Crippen molar-refractivity contribution in [3.05, 3.63) is 83.9 Å². The van der Waals surface area contributed by atoms with Gasteiger partial charge in [-0.2, -0.15) is 0 Å². The van der Waals surface area contributed by atoms with Gasteiger partial charge in [0.05, 0.1) is 0 Å². The van der Waals surface area contributed by atoms with E-state index in [1.165, 1.54) is 30.4 Å². The van der Waals surface area contributed by atoms with Crippen LogP contribution in [0.1, 0.15) is 57.6 Å². The maximum atomic E-state index is 9.77. The number of phenols is 2. The smallest absolute Gasteiger partial charge is 0.115 e. The summed E-state index contributed by atoms with van der Waals surface area (Å²) in [5.41, 5.74) is 4.65. The summed E-state index contributed by atoms with van der Waals surface area (Å²) in [6, 6.07) is 23.8. The minimum Gasteiger partial charge on any atom is -0.508 e. The average molecular weight is 389 g/mol. The first-order valence-electron chi connectivity index (χ1n) is 10.7. The molecule has 2 N–H and O–H groups in total. The molecule has 0 amide bonds. The highest BCUT2D eigenvalue weighted by Gasteiger charge is 2.31. The lowest BCUT2D eigenvalue weighted by molar-refractivity contribution is 0.349. The quantitative estimate of drug-likeness (QED) is 0.425. The van der Waals surface area contributed by atoms with Gasteiger partial charge in [0.15, 0.2) is 0 Å². The van der Waals surface area contributed by atoms with Crippen molar-refractivity contribution < 1.29 is 10.2 Å². The molecule has 3 rings (SSSR count). The molecule has 2 heteroatoms. The molecule has 0 fully saturated rings. The third-order valence-electron chi connectivity index (χ3n) is 6.20. The summed E-state index contributed by atoms with van der Waals surface area (Å²) >= 11 is 0. The van der Waals surface area contributed by atoms with E-state index in [1.807, 2.05) is 12.1 Å². The fraction of sp³-hybridized carbons (Fsp3) is 0.333. The Hall–Kier alpha value is -2.74. The highest BCUT2D eigenvalue weighted by atomic mass is 16.3. The third-order valence-corrected chi connectivity index (χ3v) is 6.20. The zero-order valence-corrected chi connectivity index (χ0v) is 17.7. The summed E-state index contributed by atoms with van der Waals surface area (Å²) in [5.74, 6) is 1.25. The van der Waals surface area contributed by atoms with Crippen molar-refractivity contribution in [1.29, 1.82) is 0 Å². The molecule has 0 aliphatic heterocycles. The van der Waals surface area contributed by atoms with E-state index in [-0.39, 0.29) is 11.2 Å². The molecule has 0 aliphatic carbocycles. The second-order valence-electron chi connectivity index (χ2n) is 8.27. The molecule has 0 saturated carbocycles. The molecule has 0 aliphatic rings. The highest BCUT2D eigenvalue weighted by Crippen LogP contribution is 2.41. The van der Waals surface area contributed by atoms with Crippen LogP contribution in [0, 0.1) is 5.92 Å². The molecule has 0 aromatic heterocycles. The molecule has 29 heavy (non-hydrogen) atoms. The first-order valence-corrected chi connectivity index (χ1v) is 10.7. The van der Waals surface area contributed by atoms with Crippen molar-refractivity contribution in [3.63, 3.8) is 0 Å². The molecule has 3 aromatic rings. The van der Waals surface area contributed by atoms with E-state index in [0.29, 0.717) is 11.7 Å². The van der Waals surface area contributed by atoms with Crippen LogP contribution >= 0.6 is 0 Å². The van der Waals surface area contributed by atoms with Crippen LogP contribution < -0.4 is 0 Å². The predicted octanol–water partition coefficient (Wildman–Crippen LogP) is 7.29. The number of hydrogen-bond donors (Lipinski definition) is 2. The van der Waals surface area contributed by atoms with Crippen molar-refractivity contribution in [2.24, 2.45) is 5.92 Å². The van der Waals surface area contributed by atoms with Gasteiger partial charge in [0, 0.05) is 5.41 Å². The molecular formula is C27H32O2. The second kappa shape index (κ2) is 9.17. The van der Waals surface area contributed by atoms with Crippen LogP contribution in [0.2, 0.25) is 0 Å². The molecule has 0 saturated heterocycles. The minimum atomic E-state index is -0.114. The lowest BCUT2D eigenvalue weighted by Crippen LogP contribution is -2.27. The highest BCUT2D eigenvalue weighted by molar-refractivity contribution is 5.65. The Bertz CT molecular complexity index is 895. The van der Waals surface area contributed by atoms with Crippen molar-refractivity contribution in [2.75, 3.05) is 0 Å². The number of hydrogen-bond acceptors (Lipinski definition) is 2. The number of aromatic hydroxyl groups is 2. The van der Waals surface area contributed by atoms with Gasteiger partial charge in [-0.1, -0.05) is 88.6 Å². The summed E-state index contributed by atoms with van der Waals surface area (Å²) in [6.45, 7) is 6.87. The molecular weight excluding hydrogens is 356 g/mol. The fourth-order valence-corrected chi connectivity index (χ4v) is 4.35. The monoisotopic (exact) mass is 388 g/mol. The first kappa shape index (κ1) is 21.0. The average Bonchev–Trinajstić information content (AvgIpc) is 2.74. The Morgan fingerprint density at radius 2 is 1.10 bits per heavy atom. The Kier molecular flexibility index (Phi) is 6.64. The van der Waals surface area contributed by atoms with Crippen LogP contribution in [0.4, 0.5) is 0 Å². The van der Waals surface area contributed by atoms with Gasteiger partial charge in [-0.05, 0) is 58.9 Å². The van der Waals surface area contributed by atoms with Crippen LogP contribution in [-0.4, -0.2) is 10.2 Å². The van der Waals surface area contributed by atoms with E-state index >= 15 is 0 Å². The number of benzene rings is 3. The van der Waals surface area contributed by atoms with E-state index in [0.717, 1.165) is 17.5 Å². The van der Waals surface area contributed by atoms with Gasteiger partial charge in [-0.25, -0.2) is 0 Å². The van der Waals surface area contributed by atoms with Crippen LogP contribution in [0.15, 0.2) is 72.8 Å². The zero-order chi connectivity index (χ0) is 20.9. The maximum Gasteiger partial charge on any atom is 0.115 e. The predicted molar refractivity (Wildman–Crippen MR) is 121 cm³/mol. The minimum absolute atomic E-state index is 0.114. The lowest BCUT2D eigenvalue weighted by Gasteiger charge is -2.35. The Morgan fingerprint density at radius 1 is 0.690 bits per heavy atom. The second-order valence-corrected chi connectivity index (χ2v) is 8.27. The van der Waals surface area contributed by atoms with Gasteiger partial charge < -0.3 is 10.2 Å². The number of rotatable bonds is 8. The normalized spacial score (nSPS) is 14.3. The molecule has 2 unspecified atom stereocenters. The topological polar surface area (TPSA) is 40.5 Å². The molecule has 152 valence electrons. The standard InChI is InChI=1S/C27H32O2/c1-4-6-20(5-2)19-27(3,24-13-17-26(29)18-14-24)23-11-7-21(8-12-23)22-9-15-25(28)16-10-22/h7-18,20,28-29H,4-6,19H2,1-3H3. The fourth-order valence-electron chi connectivity index (χ4n) is 4.35. The van der Waals surface area contributed by atoms with Gasteiger partial charge in [0.25, 0.3) is 0 Å². The van der Waals surface area contributed by atoms with Crippen molar-refractivity contribution in [3.8, 4) is 22.6 Å². The largest absolute Gasteiger partial charge is 0.508 e. The van der Waals surface area contributed by atoms with Gasteiger partial charge >= 0.3 is 0 Å². The van der Waals surface area contributed by atoms with Crippen LogP contribution in [0.25, 0.3) is 11.1 Å². The SMILES string of the molecule is CCCC(CC)CC(C)(c1ccc(O)cc1)c1ccc(-c2ccc(O)cc2)cc1. The molecule has 0 radical (unpaired) electrons. The van der Waals surface area contributed by atoms with E-state index in [2.05, 4.69) is 57.2 Å². The summed E-state index contributed by atoms with van der Waals surface area (Å²) in [5, 5.41) is 19.3. The van der Waals surface area contributed by atoms with Crippen molar-refractivity contribution >= 4 is 0 Å². The Labute approximate surface area is 174 Å². The maximum absolute atomic E-state index is 9.77. The Morgan fingerprint density at radius 3 is 1.55 bits per heavy atom. The van der Waals surface area contributed by atoms with Crippen LogP contribution in [0.3, 0.4) is 0 Å². The number of phenolic OH excluding ortho intramolecular Hbond substituents is 2. The van der Waals surface area contributed by atoms with Crippen molar-refractivity contribution in [2.45, 2.75) is 51.9 Å². The van der Waals surface area contributed by atoms with Crippen molar-refractivity contribution in [1.82, 2.24) is 0 Å². The summed E-state index contributed by atoms with van der Waals surface area (Å²) < 4.78 is 0. The van der Waals surface area contributed by atoms with Gasteiger partial charge in [0.2, 0.25) is 0 Å². The zero-order valence-electron chi connectivity index (χ0n) is 17.7. The molecule has 2 atom stereocenters. The summed E-state index contributed by atoms with van der Waals surface area (Å²) in [4.78, 5) is 0. The lowest BCUT2D eigenvalue weighted by atomic mass is 9.69. The summed E-state index contributed by atoms with van der Waals surface area (Å²) in [6.07, 6.45) is 4.69. The van der Waals surface area contributed by atoms with Gasteiger partial charge in [0.1, 0.15) is 11.5 Å². The van der Waals surface area contributed by atoms with E-state index in [4.69, 9.17) is 0 Å². The first-order chi connectivity index (χ1) is 14.0. The van der Waals surface area contributed by atoms with Crippen LogP contribution in [0.5, 0.6) is 11.5 Å². The summed E-state index contributed by atoms with van der Waals surface area (Å²) in [7, 11) is 0. The molecule has 0 spiro atoms. The molecule has 2 nitrogen and oxygen atoms in total.